The Morgan fingerprint density at radius 1 is 1.18 bits per heavy atom. The van der Waals surface area contributed by atoms with Crippen LogP contribution in [0.15, 0.2) is 41.8 Å². The minimum Gasteiger partial charge on any atom is -0.348 e. The van der Waals surface area contributed by atoms with Gasteiger partial charge in [0, 0.05) is 35.8 Å². The second-order valence-corrected chi connectivity index (χ2v) is 7.80. The Bertz CT molecular complexity index is 832. The number of rotatable bonds is 6. The molecule has 0 saturated carbocycles. The monoisotopic (exact) mass is 402 g/mol. The van der Waals surface area contributed by atoms with Crippen molar-refractivity contribution in [2.75, 3.05) is 25.0 Å². The first-order valence-electron chi connectivity index (χ1n) is 9.09. The maximum atomic E-state index is 12.0. The van der Waals surface area contributed by atoms with Crippen molar-refractivity contribution in [3.05, 3.63) is 56.8 Å². The summed E-state index contributed by atoms with van der Waals surface area (Å²) in [5.41, 5.74) is 0.0729. The average molecular weight is 402 g/mol. The number of nitro benzene ring substituents is 1. The molecule has 0 aliphatic carbocycles. The lowest BCUT2D eigenvalue weighted by atomic mass is 9.97. The van der Waals surface area contributed by atoms with Gasteiger partial charge in [0.1, 0.15) is 0 Å². The number of carbonyl (C=O) groups is 2. The molecule has 3 rings (SSSR count). The summed E-state index contributed by atoms with van der Waals surface area (Å²) < 4.78 is 0. The van der Waals surface area contributed by atoms with E-state index in [1.165, 1.54) is 29.1 Å². The normalized spacial score (nSPS) is 15.1. The number of benzene rings is 1. The van der Waals surface area contributed by atoms with Crippen LogP contribution in [0.4, 0.5) is 11.4 Å². The van der Waals surface area contributed by atoms with Crippen molar-refractivity contribution in [2.45, 2.75) is 19.4 Å². The smallest absolute Gasteiger partial charge is 0.313 e. The van der Waals surface area contributed by atoms with E-state index in [1.54, 1.807) is 11.3 Å². The van der Waals surface area contributed by atoms with Crippen molar-refractivity contribution in [3.8, 4) is 0 Å². The van der Waals surface area contributed by atoms with Crippen LogP contribution in [0.1, 0.15) is 17.7 Å². The van der Waals surface area contributed by atoms with Crippen molar-refractivity contribution in [1.82, 2.24) is 10.2 Å². The highest BCUT2D eigenvalue weighted by atomic mass is 32.1. The van der Waals surface area contributed by atoms with Gasteiger partial charge in [-0.1, -0.05) is 12.1 Å². The number of nitrogens with zero attached hydrogens (tertiary/aromatic N) is 2. The van der Waals surface area contributed by atoms with E-state index in [1.807, 2.05) is 0 Å². The molecule has 0 atom stereocenters. The maximum Gasteiger partial charge on any atom is 0.313 e. The van der Waals surface area contributed by atoms with E-state index in [4.69, 9.17) is 0 Å². The van der Waals surface area contributed by atoms with Gasteiger partial charge in [-0.05, 0) is 49.4 Å². The molecule has 1 aromatic heterocycles. The topological polar surface area (TPSA) is 105 Å². The molecule has 1 aliphatic rings. The summed E-state index contributed by atoms with van der Waals surface area (Å²) in [6.07, 6.45) is 1.94. The Hall–Kier alpha value is -2.78. The van der Waals surface area contributed by atoms with Crippen molar-refractivity contribution < 1.29 is 14.5 Å². The van der Waals surface area contributed by atoms with E-state index in [2.05, 4.69) is 33.0 Å². The molecule has 9 heteroatoms. The lowest BCUT2D eigenvalue weighted by Gasteiger charge is -2.31. The Labute approximate surface area is 166 Å². The number of carbonyl (C=O) groups excluding carboxylic acids is 2. The van der Waals surface area contributed by atoms with Crippen LogP contribution in [0.3, 0.4) is 0 Å². The molecular formula is C19H22N4O4S. The minimum atomic E-state index is -0.823. The highest BCUT2D eigenvalue weighted by Crippen LogP contribution is 2.20. The summed E-state index contributed by atoms with van der Waals surface area (Å²) in [5.74, 6) is -1.21. The zero-order valence-corrected chi connectivity index (χ0v) is 16.1. The molecule has 1 fully saturated rings. The van der Waals surface area contributed by atoms with Crippen LogP contribution in [-0.2, 0) is 16.1 Å². The van der Waals surface area contributed by atoms with E-state index in [0.29, 0.717) is 12.5 Å². The van der Waals surface area contributed by atoms with Gasteiger partial charge in [0.2, 0.25) is 0 Å². The molecule has 2 aromatic rings. The minimum absolute atomic E-state index is 0.146. The molecule has 148 valence electrons. The number of anilines is 1. The van der Waals surface area contributed by atoms with Gasteiger partial charge in [0.25, 0.3) is 5.69 Å². The molecule has 1 aliphatic heterocycles. The van der Waals surface area contributed by atoms with Gasteiger partial charge in [-0.2, -0.15) is 0 Å². The summed E-state index contributed by atoms with van der Waals surface area (Å²) >= 11 is 1.76. The second kappa shape index (κ2) is 9.43. The van der Waals surface area contributed by atoms with Gasteiger partial charge in [0.05, 0.1) is 4.92 Å². The van der Waals surface area contributed by atoms with Crippen molar-refractivity contribution in [3.63, 3.8) is 0 Å². The van der Waals surface area contributed by atoms with Gasteiger partial charge in [-0.3, -0.25) is 24.6 Å². The predicted molar refractivity (Wildman–Crippen MR) is 107 cm³/mol. The Kier molecular flexibility index (Phi) is 6.72. The highest BCUT2D eigenvalue weighted by molar-refractivity contribution is 7.09. The summed E-state index contributed by atoms with van der Waals surface area (Å²) in [7, 11) is 0. The van der Waals surface area contributed by atoms with Gasteiger partial charge in [-0.15, -0.1) is 11.3 Å². The van der Waals surface area contributed by atoms with Crippen molar-refractivity contribution in [1.29, 1.82) is 0 Å². The second-order valence-electron chi connectivity index (χ2n) is 6.77. The number of hydrogen-bond donors (Lipinski definition) is 2. The third kappa shape index (κ3) is 5.61. The number of non-ortho nitro benzene ring substituents is 1. The average Bonchev–Trinajstić information content (AvgIpc) is 3.20. The standard InChI is InChI=1S/C19H22N4O4S/c24-18(19(25)21-15-3-1-4-16(11-15)23(26)27)20-12-14-6-8-22(9-7-14)13-17-5-2-10-28-17/h1-5,10-11,14H,6-9,12-13H2,(H,20,24)(H,21,25). The SMILES string of the molecule is O=C(NCC1CCN(Cc2cccs2)CC1)C(=O)Nc1cccc([N+](=O)[O-])c1. The number of amides is 2. The van der Waals surface area contributed by atoms with E-state index in [0.717, 1.165) is 32.5 Å². The molecular weight excluding hydrogens is 380 g/mol. The summed E-state index contributed by atoms with van der Waals surface area (Å²) in [6, 6.07) is 9.68. The van der Waals surface area contributed by atoms with Crippen LogP contribution in [-0.4, -0.2) is 41.3 Å². The zero-order valence-electron chi connectivity index (χ0n) is 15.3. The molecule has 2 amide bonds. The van der Waals surface area contributed by atoms with Crippen molar-refractivity contribution >= 4 is 34.5 Å². The first-order valence-corrected chi connectivity index (χ1v) is 9.97. The highest BCUT2D eigenvalue weighted by Gasteiger charge is 2.22. The van der Waals surface area contributed by atoms with Crippen LogP contribution in [0.2, 0.25) is 0 Å². The summed E-state index contributed by atoms with van der Waals surface area (Å²) in [4.78, 5) is 38.0. The van der Waals surface area contributed by atoms with Gasteiger partial charge < -0.3 is 10.6 Å². The molecule has 0 spiro atoms. The van der Waals surface area contributed by atoms with E-state index in [9.17, 15) is 19.7 Å². The summed E-state index contributed by atoms with van der Waals surface area (Å²) in [6.45, 7) is 3.35. The fourth-order valence-electron chi connectivity index (χ4n) is 3.17. The van der Waals surface area contributed by atoms with Gasteiger partial charge in [0.15, 0.2) is 0 Å². The molecule has 2 heterocycles. The number of hydrogen-bond acceptors (Lipinski definition) is 6. The third-order valence-electron chi connectivity index (χ3n) is 4.74. The van der Waals surface area contributed by atoms with Gasteiger partial charge in [-0.25, -0.2) is 0 Å². The molecule has 0 radical (unpaired) electrons. The number of nitrogens with one attached hydrogen (secondary N) is 2. The third-order valence-corrected chi connectivity index (χ3v) is 5.60. The zero-order chi connectivity index (χ0) is 19.9. The first-order chi connectivity index (χ1) is 13.5. The van der Waals surface area contributed by atoms with Crippen LogP contribution in [0.5, 0.6) is 0 Å². The lowest BCUT2D eigenvalue weighted by molar-refractivity contribution is -0.384. The van der Waals surface area contributed by atoms with E-state index >= 15 is 0 Å². The lowest BCUT2D eigenvalue weighted by Crippen LogP contribution is -2.41. The fourth-order valence-corrected chi connectivity index (χ4v) is 3.92. The summed E-state index contributed by atoms with van der Waals surface area (Å²) in [5, 5.41) is 17.9. The Balaban J connectivity index is 1.40. The quantitative estimate of drug-likeness (QED) is 0.439. The Morgan fingerprint density at radius 2 is 1.96 bits per heavy atom. The fraction of sp³-hybridized carbons (Fsp3) is 0.368. The molecule has 1 aromatic carbocycles. The molecule has 0 unspecified atom stereocenters. The van der Waals surface area contributed by atoms with E-state index in [-0.39, 0.29) is 11.4 Å². The predicted octanol–water partition coefficient (Wildman–Crippen LogP) is 2.62. The molecule has 1 saturated heterocycles. The number of likely N-dealkylation sites (tertiary alicyclic amines) is 1. The van der Waals surface area contributed by atoms with Crippen LogP contribution >= 0.6 is 11.3 Å². The number of thiophene rings is 1. The largest absolute Gasteiger partial charge is 0.348 e. The van der Waals surface area contributed by atoms with Gasteiger partial charge >= 0.3 is 11.8 Å². The van der Waals surface area contributed by atoms with E-state index < -0.39 is 16.7 Å². The molecule has 28 heavy (non-hydrogen) atoms. The number of nitro groups is 1. The van der Waals surface area contributed by atoms with Crippen molar-refractivity contribution in [2.24, 2.45) is 5.92 Å². The maximum absolute atomic E-state index is 12.0. The van der Waals surface area contributed by atoms with Crippen LogP contribution in [0, 0.1) is 16.0 Å². The van der Waals surface area contributed by atoms with Crippen LogP contribution < -0.4 is 10.6 Å². The number of piperidine rings is 1. The molecule has 0 bridgehead atoms. The van der Waals surface area contributed by atoms with Crippen LogP contribution in [0.25, 0.3) is 0 Å². The molecule has 2 N–H and O–H groups in total. The first kappa shape index (κ1) is 20.0. The Morgan fingerprint density at radius 3 is 2.64 bits per heavy atom. The molecule has 8 nitrogen and oxygen atoms in total.